The Balaban J connectivity index is 1.31. The van der Waals surface area contributed by atoms with E-state index in [4.69, 9.17) is 25.7 Å². The van der Waals surface area contributed by atoms with E-state index in [0.29, 0.717) is 50.1 Å². The number of aliphatic hydroxyl groups is 4. The third-order valence-electron chi connectivity index (χ3n) is 17.2. The second-order valence-electron chi connectivity index (χ2n) is 20.6. The monoisotopic (exact) mass is 840 g/mol. The Morgan fingerprint density at radius 2 is 1.83 bits per heavy atom. The van der Waals surface area contributed by atoms with E-state index in [-0.39, 0.29) is 67.4 Å². The Kier molecular flexibility index (Phi) is 13.9. The van der Waals surface area contributed by atoms with Gasteiger partial charge in [0, 0.05) is 48.5 Å². The smallest absolute Gasteiger partial charge is 0.334 e. The molecule has 0 radical (unpaired) electrons. The number of Topliss-reactive ketones (excluding diaryl/α,β-unsaturated/α-hetero) is 1. The predicted molar refractivity (Wildman–Crippen MR) is 223 cm³/mol. The summed E-state index contributed by atoms with van der Waals surface area (Å²) < 4.78 is 21.4. The average molecular weight is 840 g/mol. The number of rotatable bonds is 9. The predicted octanol–water partition coefficient (Wildman–Crippen LogP) is 1.63. The van der Waals surface area contributed by atoms with Gasteiger partial charge in [0.2, 0.25) is 0 Å². The molecule has 3 saturated carbocycles. The summed E-state index contributed by atoms with van der Waals surface area (Å²) in [5, 5.41) is 52.2. The lowest BCUT2D eigenvalue weighted by atomic mass is 9.48. The van der Waals surface area contributed by atoms with E-state index in [1.54, 1.807) is 0 Å². The van der Waals surface area contributed by atoms with Gasteiger partial charge in [-0.3, -0.25) is 10.5 Å². The quantitative estimate of drug-likeness (QED) is 0.0944. The molecule has 8 aliphatic rings. The molecule has 18 atom stereocenters. The zero-order valence-corrected chi connectivity index (χ0v) is 36.1. The number of hydrogen-bond donors (Lipinski definition) is 8. The first-order valence-electron chi connectivity index (χ1n) is 23.8. The third-order valence-corrected chi connectivity index (χ3v) is 17.2. The standard InChI is InChI=1S/C47H74N4O9/c1-3-33(27-8-4-5-9-27)45(57)59-36-22-34-42(56)39-35(55)21-32(24-52)58-44(39)40-41(28-15-17-50-38(49)19-28)47(25-53,30-10-6-12-31(54)20-30)16-7-11-29(46(36,2)60-43(34)40)18-26-13-14-37(48)51-23-26/h3,26-32,34,36-44,50-54,56H,4-6,8-15,17-25,48-49H2,1-2H3/p+1/t26?,28?,29-,30?,31?,32?,34?,36+,37?,38?,39?,40?,41-,42?,43?,44?,46+,47+/m1/s1. The van der Waals surface area contributed by atoms with E-state index < -0.39 is 71.3 Å². The molecule has 7 fully saturated rings. The number of ketones is 1. The highest BCUT2D eigenvalue weighted by molar-refractivity contribution is 5.89. The van der Waals surface area contributed by atoms with Gasteiger partial charge in [0.05, 0.1) is 67.8 Å². The summed E-state index contributed by atoms with van der Waals surface area (Å²) in [6.45, 7) is 4.93. The van der Waals surface area contributed by atoms with Gasteiger partial charge in [-0.15, -0.1) is 5.92 Å². The van der Waals surface area contributed by atoms with Crippen molar-refractivity contribution in [3.05, 3.63) is 11.6 Å². The van der Waals surface area contributed by atoms with Gasteiger partial charge in [-0.25, -0.2) is 4.79 Å². The molecule has 0 aromatic heterocycles. The number of quaternary nitrogens is 1. The summed E-state index contributed by atoms with van der Waals surface area (Å²) in [7, 11) is 0. The lowest BCUT2D eigenvalue weighted by molar-refractivity contribution is -0.703. The highest BCUT2D eigenvalue weighted by atomic mass is 16.6. The molecule has 11 N–H and O–H groups in total. The number of carbonyl (C=O) groups excluding carboxylic acids is 2. The molecule has 3 aliphatic carbocycles. The molecule has 13 nitrogen and oxygen atoms in total. The van der Waals surface area contributed by atoms with Crippen LogP contribution in [0, 0.1) is 70.5 Å². The van der Waals surface area contributed by atoms with Gasteiger partial charge in [-0.1, -0.05) is 31.3 Å². The maximum absolute atomic E-state index is 14.4. The number of esters is 1. The van der Waals surface area contributed by atoms with Crippen molar-refractivity contribution < 1.29 is 49.5 Å². The second-order valence-corrected chi connectivity index (χ2v) is 20.6. The Hall–Kier alpha value is -1.96. The molecule has 2 bridgehead atoms. The highest BCUT2D eigenvalue weighted by Crippen LogP contribution is 2.60. The highest BCUT2D eigenvalue weighted by Gasteiger charge is 2.67. The summed E-state index contributed by atoms with van der Waals surface area (Å²) in [4.78, 5) is 28.8. The Labute approximate surface area is 356 Å². The number of ether oxygens (including phenoxy) is 3. The van der Waals surface area contributed by atoms with Crippen LogP contribution in [0.4, 0.5) is 0 Å². The molecule has 5 heterocycles. The van der Waals surface area contributed by atoms with Crippen molar-refractivity contribution in [2.24, 2.45) is 70.1 Å². The van der Waals surface area contributed by atoms with Gasteiger partial charge < -0.3 is 51.0 Å². The van der Waals surface area contributed by atoms with E-state index >= 15 is 0 Å². The lowest BCUT2D eigenvalue weighted by Crippen LogP contribution is -2.95. The number of piperidine rings is 2. The van der Waals surface area contributed by atoms with Crippen LogP contribution in [0.25, 0.3) is 0 Å². The number of allylic oxidation sites excluding steroid dienone is 1. The lowest BCUT2D eigenvalue weighted by Gasteiger charge is -2.63. The molecule has 5 aliphatic heterocycles. The summed E-state index contributed by atoms with van der Waals surface area (Å²) in [6.07, 6.45) is 8.51. The van der Waals surface area contributed by atoms with Gasteiger partial charge in [0.1, 0.15) is 23.7 Å². The number of fused-ring (bicyclic) bond motifs is 3. The molecule has 0 spiro atoms. The summed E-state index contributed by atoms with van der Waals surface area (Å²) in [6, 6.07) is 0. The molecule has 13 heteroatoms. The van der Waals surface area contributed by atoms with Gasteiger partial charge in [-0.2, -0.15) is 0 Å². The van der Waals surface area contributed by atoms with E-state index in [0.717, 1.165) is 70.8 Å². The summed E-state index contributed by atoms with van der Waals surface area (Å²) >= 11 is 0. The molecule has 4 saturated heterocycles. The largest absolute Gasteiger partial charge is 0.456 e. The van der Waals surface area contributed by atoms with Crippen LogP contribution < -0.4 is 22.1 Å². The Morgan fingerprint density at radius 3 is 2.52 bits per heavy atom. The van der Waals surface area contributed by atoms with E-state index in [2.05, 4.69) is 29.4 Å². The first-order valence-corrected chi connectivity index (χ1v) is 23.8. The molecular formula is C47H75N4O9+. The van der Waals surface area contributed by atoms with E-state index in [1.165, 1.54) is 0 Å². The fourth-order valence-corrected chi connectivity index (χ4v) is 14.1. The van der Waals surface area contributed by atoms with Crippen LogP contribution in [0.5, 0.6) is 0 Å². The minimum absolute atomic E-state index is 0.0192. The van der Waals surface area contributed by atoms with Crippen LogP contribution in [-0.4, -0.2) is 113 Å². The maximum Gasteiger partial charge on any atom is 0.334 e. The van der Waals surface area contributed by atoms with Crippen molar-refractivity contribution in [3.63, 3.8) is 0 Å². The number of carbonyl (C=O) groups is 2. The van der Waals surface area contributed by atoms with Crippen molar-refractivity contribution >= 4 is 11.8 Å². The van der Waals surface area contributed by atoms with E-state index in [1.807, 2.05) is 13.0 Å². The molecular weight excluding hydrogens is 765 g/mol. The Bertz CT molecular complexity index is 1620. The van der Waals surface area contributed by atoms with Gasteiger partial charge >= 0.3 is 5.97 Å². The van der Waals surface area contributed by atoms with Gasteiger partial charge in [0.25, 0.3) is 0 Å². The minimum atomic E-state index is -1.15. The minimum Gasteiger partial charge on any atom is -0.456 e. The molecule has 13 unspecified atom stereocenters. The molecule has 0 amide bonds. The van der Waals surface area contributed by atoms with Crippen LogP contribution in [0.3, 0.4) is 0 Å². The number of nitrogens with one attached hydrogen (secondary N) is 1. The zero-order chi connectivity index (χ0) is 42.3. The van der Waals surface area contributed by atoms with Gasteiger partial charge in [-0.05, 0) is 108 Å². The van der Waals surface area contributed by atoms with Crippen LogP contribution in [-0.2, 0) is 23.8 Å². The fraction of sp³-hybridized carbons (Fsp3) is 0.872. The van der Waals surface area contributed by atoms with Crippen molar-refractivity contribution in [1.82, 2.24) is 5.32 Å². The first-order chi connectivity index (χ1) is 28.9. The van der Waals surface area contributed by atoms with Crippen molar-refractivity contribution in [1.29, 1.82) is 0 Å². The molecule has 0 aromatic rings. The normalized spacial score (nSPS) is 47.7. The fourth-order valence-electron chi connectivity index (χ4n) is 14.1. The Morgan fingerprint density at radius 1 is 1.03 bits per heavy atom. The SMILES string of the molecule is CC=C(C(=O)O[C@H]1CC2C(O)C3C(=O)CC(CO)OC3C3C2O[C@@]1(C)[C@@H](CC1CCC(N)[NH2+]C1)CC#C[C@](CO)(C1CCCC(O)C1)[C@@H]3C1CCNC(N)C1)C1CCCC1. The molecule has 60 heavy (non-hydrogen) atoms. The average Bonchev–Trinajstić information content (AvgIpc) is 3.77. The van der Waals surface area contributed by atoms with E-state index in [9.17, 15) is 30.0 Å². The number of aliphatic hydroxyl groups excluding tert-OH is 4. The topological polar surface area (TPSA) is 223 Å². The van der Waals surface area contributed by atoms with Crippen LogP contribution in [0.15, 0.2) is 11.6 Å². The molecule has 8 rings (SSSR count). The van der Waals surface area contributed by atoms with Crippen molar-refractivity contribution in [2.45, 2.75) is 171 Å². The number of hydrogen-bond acceptors (Lipinski definition) is 12. The maximum atomic E-state index is 14.4. The first kappa shape index (κ1) is 44.6. The zero-order valence-electron chi connectivity index (χ0n) is 36.1. The van der Waals surface area contributed by atoms with Crippen LogP contribution in [0.2, 0.25) is 0 Å². The molecule has 336 valence electrons. The number of nitrogens with two attached hydrogens (primary N) is 3. The van der Waals surface area contributed by atoms with Gasteiger partial charge in [0.15, 0.2) is 0 Å². The molecule has 0 aromatic carbocycles. The van der Waals surface area contributed by atoms with Crippen molar-refractivity contribution in [2.75, 3.05) is 26.3 Å². The van der Waals surface area contributed by atoms with Crippen LogP contribution >= 0.6 is 0 Å². The second kappa shape index (κ2) is 18.6. The summed E-state index contributed by atoms with van der Waals surface area (Å²) in [5.41, 5.74) is 11.7. The van der Waals surface area contributed by atoms with Crippen LogP contribution in [0.1, 0.15) is 117 Å². The summed E-state index contributed by atoms with van der Waals surface area (Å²) in [5.74, 6) is 4.63. The third kappa shape index (κ3) is 8.41. The van der Waals surface area contributed by atoms with Crippen molar-refractivity contribution in [3.8, 4) is 11.8 Å².